The van der Waals surface area contributed by atoms with Gasteiger partial charge in [0, 0.05) is 27.6 Å². The SMILES string of the molecule is c1ccc(-c2cc(-c3cccc(-c4cc5nc(-c6ccccc6)cc(-c6ccccc6)c5c5ccccc45)c3)nc(-c3ccccc3)n2)cc1. The van der Waals surface area contributed by atoms with Gasteiger partial charge in [0.1, 0.15) is 0 Å². The molecule has 0 aliphatic rings. The van der Waals surface area contributed by atoms with Gasteiger partial charge in [0.2, 0.25) is 0 Å². The molecule has 0 amide bonds. The summed E-state index contributed by atoms with van der Waals surface area (Å²) in [6.07, 6.45) is 0. The highest BCUT2D eigenvalue weighted by atomic mass is 14.9. The van der Waals surface area contributed by atoms with Gasteiger partial charge in [0.05, 0.1) is 22.6 Å². The van der Waals surface area contributed by atoms with Gasteiger partial charge in [-0.25, -0.2) is 15.0 Å². The Balaban J connectivity index is 1.26. The molecule has 2 heterocycles. The number of rotatable bonds is 6. The molecule has 0 aliphatic heterocycles. The zero-order valence-corrected chi connectivity index (χ0v) is 27.2. The summed E-state index contributed by atoms with van der Waals surface area (Å²) in [4.78, 5) is 15.4. The fourth-order valence-electron chi connectivity index (χ4n) is 6.86. The highest BCUT2D eigenvalue weighted by Crippen LogP contribution is 2.41. The van der Waals surface area contributed by atoms with Crippen LogP contribution >= 0.6 is 0 Å². The summed E-state index contributed by atoms with van der Waals surface area (Å²) in [5.41, 5.74) is 12.4. The second-order valence-electron chi connectivity index (χ2n) is 12.4. The third-order valence-corrected chi connectivity index (χ3v) is 9.27. The molecular formula is C47H31N3. The monoisotopic (exact) mass is 637 g/mol. The van der Waals surface area contributed by atoms with Gasteiger partial charge in [0.25, 0.3) is 0 Å². The van der Waals surface area contributed by atoms with Crippen LogP contribution in [0.4, 0.5) is 0 Å². The second kappa shape index (κ2) is 12.7. The molecular weight excluding hydrogens is 607 g/mol. The van der Waals surface area contributed by atoms with E-state index < -0.39 is 0 Å². The zero-order valence-electron chi connectivity index (χ0n) is 27.2. The molecule has 0 aliphatic carbocycles. The van der Waals surface area contributed by atoms with E-state index in [9.17, 15) is 0 Å². The molecule has 2 aromatic heterocycles. The van der Waals surface area contributed by atoms with E-state index in [1.807, 2.05) is 42.5 Å². The highest BCUT2D eigenvalue weighted by Gasteiger charge is 2.17. The minimum absolute atomic E-state index is 0.703. The van der Waals surface area contributed by atoms with E-state index in [4.69, 9.17) is 15.0 Å². The van der Waals surface area contributed by atoms with Gasteiger partial charge in [-0.2, -0.15) is 0 Å². The van der Waals surface area contributed by atoms with Crippen molar-refractivity contribution in [3.8, 4) is 67.4 Å². The van der Waals surface area contributed by atoms with E-state index in [1.165, 1.54) is 21.9 Å². The van der Waals surface area contributed by atoms with Crippen LogP contribution in [0.25, 0.3) is 89.1 Å². The van der Waals surface area contributed by atoms with Crippen LogP contribution in [0.5, 0.6) is 0 Å². The van der Waals surface area contributed by atoms with Gasteiger partial charge < -0.3 is 0 Å². The van der Waals surface area contributed by atoms with Crippen molar-refractivity contribution in [2.24, 2.45) is 0 Å². The Kier molecular flexibility index (Phi) is 7.49. The predicted octanol–water partition coefficient (Wildman–Crippen LogP) is 12.2. The number of nitrogens with zero attached hydrogens (tertiary/aromatic N) is 3. The maximum atomic E-state index is 5.32. The van der Waals surface area contributed by atoms with Gasteiger partial charge in [-0.1, -0.05) is 164 Å². The predicted molar refractivity (Wildman–Crippen MR) is 207 cm³/mol. The van der Waals surface area contributed by atoms with Crippen LogP contribution in [0.3, 0.4) is 0 Å². The van der Waals surface area contributed by atoms with E-state index in [0.29, 0.717) is 5.82 Å². The van der Waals surface area contributed by atoms with E-state index in [1.54, 1.807) is 0 Å². The van der Waals surface area contributed by atoms with Crippen LogP contribution in [0.2, 0.25) is 0 Å². The Morgan fingerprint density at radius 1 is 0.280 bits per heavy atom. The van der Waals surface area contributed by atoms with Crippen molar-refractivity contribution in [3.63, 3.8) is 0 Å². The molecule has 0 saturated heterocycles. The standard InChI is InChI=1S/C47H31N3/c1-5-16-32(17-6-1)41-30-42(33-18-7-2-8-19-33)48-45-29-40(38-26-13-14-27-39(38)46(41)45)36-24-15-25-37(28-36)44-31-43(34-20-9-3-10-21-34)49-47(50-44)35-22-11-4-12-23-35/h1-31H. The molecule has 0 N–H and O–H groups in total. The summed E-state index contributed by atoms with van der Waals surface area (Å²) >= 11 is 0. The van der Waals surface area contributed by atoms with Gasteiger partial charge in [0.15, 0.2) is 5.82 Å². The molecule has 0 radical (unpaired) electrons. The zero-order chi connectivity index (χ0) is 33.3. The smallest absolute Gasteiger partial charge is 0.160 e. The minimum Gasteiger partial charge on any atom is -0.248 e. The molecule has 3 nitrogen and oxygen atoms in total. The van der Waals surface area contributed by atoms with Crippen molar-refractivity contribution in [3.05, 3.63) is 188 Å². The Labute approximate surface area is 291 Å². The quantitative estimate of drug-likeness (QED) is 0.170. The largest absolute Gasteiger partial charge is 0.248 e. The van der Waals surface area contributed by atoms with Crippen LogP contribution in [-0.4, -0.2) is 15.0 Å². The van der Waals surface area contributed by atoms with Crippen LogP contribution in [0.15, 0.2) is 188 Å². The highest BCUT2D eigenvalue weighted by molar-refractivity contribution is 6.18. The lowest BCUT2D eigenvalue weighted by atomic mass is 9.90. The number of pyridine rings is 1. The average Bonchev–Trinajstić information content (AvgIpc) is 3.21. The molecule has 50 heavy (non-hydrogen) atoms. The molecule has 0 unspecified atom stereocenters. The molecule has 9 rings (SSSR count). The first-order valence-corrected chi connectivity index (χ1v) is 16.9. The van der Waals surface area contributed by atoms with Gasteiger partial charge in [-0.3, -0.25) is 0 Å². The lowest BCUT2D eigenvalue weighted by molar-refractivity contribution is 1.18. The summed E-state index contributed by atoms with van der Waals surface area (Å²) in [6, 6.07) is 65.6. The fourth-order valence-corrected chi connectivity index (χ4v) is 6.86. The molecule has 0 bridgehead atoms. The van der Waals surface area contributed by atoms with Gasteiger partial charge in [-0.05, 0) is 57.3 Å². The van der Waals surface area contributed by atoms with E-state index in [0.717, 1.165) is 61.4 Å². The Morgan fingerprint density at radius 3 is 1.40 bits per heavy atom. The lowest BCUT2D eigenvalue weighted by Gasteiger charge is -2.16. The maximum Gasteiger partial charge on any atom is 0.160 e. The Bertz CT molecular complexity index is 2560. The third-order valence-electron chi connectivity index (χ3n) is 9.27. The van der Waals surface area contributed by atoms with Crippen molar-refractivity contribution < 1.29 is 0 Å². The Hall–Kier alpha value is -6.71. The van der Waals surface area contributed by atoms with Crippen molar-refractivity contribution >= 4 is 21.7 Å². The summed E-state index contributed by atoms with van der Waals surface area (Å²) < 4.78 is 0. The van der Waals surface area contributed by atoms with Crippen LogP contribution in [0.1, 0.15) is 0 Å². The van der Waals surface area contributed by atoms with Crippen molar-refractivity contribution in [2.75, 3.05) is 0 Å². The molecule has 7 aromatic carbocycles. The third kappa shape index (κ3) is 5.51. The van der Waals surface area contributed by atoms with E-state index in [2.05, 4.69) is 146 Å². The van der Waals surface area contributed by atoms with Crippen molar-refractivity contribution in [1.82, 2.24) is 15.0 Å². The summed E-state index contributed by atoms with van der Waals surface area (Å²) in [7, 11) is 0. The number of aromatic nitrogens is 3. The molecule has 0 fully saturated rings. The van der Waals surface area contributed by atoms with Crippen LogP contribution in [0, 0.1) is 0 Å². The minimum atomic E-state index is 0.703. The number of hydrogen-bond acceptors (Lipinski definition) is 3. The lowest BCUT2D eigenvalue weighted by Crippen LogP contribution is -1.96. The molecule has 0 saturated carbocycles. The van der Waals surface area contributed by atoms with Gasteiger partial charge in [-0.15, -0.1) is 0 Å². The van der Waals surface area contributed by atoms with Crippen LogP contribution < -0.4 is 0 Å². The summed E-state index contributed by atoms with van der Waals surface area (Å²) in [5.74, 6) is 0.703. The summed E-state index contributed by atoms with van der Waals surface area (Å²) in [6.45, 7) is 0. The first-order valence-electron chi connectivity index (χ1n) is 16.9. The first-order chi connectivity index (χ1) is 24.8. The van der Waals surface area contributed by atoms with E-state index >= 15 is 0 Å². The molecule has 234 valence electrons. The average molecular weight is 638 g/mol. The fraction of sp³-hybridized carbons (Fsp3) is 0. The molecule has 9 aromatic rings. The first kappa shape index (κ1) is 29.4. The Morgan fingerprint density at radius 2 is 0.760 bits per heavy atom. The summed E-state index contributed by atoms with van der Waals surface area (Å²) in [5, 5.41) is 3.51. The van der Waals surface area contributed by atoms with Crippen LogP contribution in [-0.2, 0) is 0 Å². The molecule has 3 heteroatoms. The molecule has 0 atom stereocenters. The second-order valence-corrected chi connectivity index (χ2v) is 12.4. The van der Waals surface area contributed by atoms with Crippen molar-refractivity contribution in [2.45, 2.75) is 0 Å². The normalized spacial score (nSPS) is 11.2. The maximum absolute atomic E-state index is 5.32. The topological polar surface area (TPSA) is 38.7 Å². The number of benzene rings is 7. The van der Waals surface area contributed by atoms with Gasteiger partial charge >= 0.3 is 0 Å². The van der Waals surface area contributed by atoms with Crippen molar-refractivity contribution in [1.29, 1.82) is 0 Å². The number of hydrogen-bond donors (Lipinski definition) is 0. The van der Waals surface area contributed by atoms with E-state index in [-0.39, 0.29) is 0 Å². The number of fused-ring (bicyclic) bond motifs is 3. The molecule has 0 spiro atoms.